The van der Waals surface area contributed by atoms with Gasteiger partial charge >= 0.3 is 0 Å². The number of aromatic nitrogens is 2. The minimum atomic E-state index is -0.630. The van der Waals surface area contributed by atoms with E-state index in [2.05, 4.69) is 20.6 Å². The topological polar surface area (TPSA) is 104 Å². The molecule has 0 saturated carbocycles. The molecule has 0 radical (unpaired) electrons. The lowest BCUT2D eigenvalue weighted by Crippen LogP contribution is -2.53. The van der Waals surface area contributed by atoms with E-state index in [4.69, 9.17) is 0 Å². The van der Waals surface area contributed by atoms with Gasteiger partial charge in [-0.05, 0) is 18.4 Å². The van der Waals surface area contributed by atoms with Gasteiger partial charge in [-0.2, -0.15) is 0 Å². The number of carbonyl (C=O) groups excluding carboxylic acids is 3. The number of rotatable bonds is 6. The molecule has 29 heavy (non-hydrogen) atoms. The normalized spacial score (nSPS) is 15.4. The third-order valence-corrected chi connectivity index (χ3v) is 4.89. The highest BCUT2D eigenvalue weighted by Crippen LogP contribution is 2.13. The number of likely N-dealkylation sites (tertiary alicyclic amines) is 1. The standard InChI is InChI=1S/C21H25N5O3/c1-15(27)24-18(13-16-5-3-2-4-6-16)20(28)25-17-7-11-26(12-8-17)21(29)19-14-22-9-10-23-19/h2-6,9-10,14,17-18H,7-8,11-13H2,1H3,(H,24,27)(H,25,28)/t18-/m1/s1. The van der Waals surface area contributed by atoms with E-state index >= 15 is 0 Å². The Balaban J connectivity index is 1.54. The van der Waals surface area contributed by atoms with E-state index in [0.29, 0.717) is 38.0 Å². The molecular weight excluding hydrogens is 370 g/mol. The number of nitrogens with zero attached hydrogens (tertiary/aromatic N) is 3. The van der Waals surface area contributed by atoms with Crippen molar-refractivity contribution in [3.8, 4) is 0 Å². The van der Waals surface area contributed by atoms with Crippen molar-refractivity contribution in [3.63, 3.8) is 0 Å². The second-order valence-electron chi connectivity index (χ2n) is 7.11. The molecule has 1 saturated heterocycles. The molecule has 1 aliphatic rings. The first-order valence-corrected chi connectivity index (χ1v) is 9.69. The number of benzene rings is 1. The van der Waals surface area contributed by atoms with Gasteiger partial charge in [0, 0.05) is 44.9 Å². The van der Waals surface area contributed by atoms with Gasteiger partial charge in [-0.3, -0.25) is 19.4 Å². The van der Waals surface area contributed by atoms with Crippen LogP contribution in [0.15, 0.2) is 48.9 Å². The summed E-state index contributed by atoms with van der Waals surface area (Å²) in [5.74, 6) is -0.601. The Morgan fingerprint density at radius 2 is 1.86 bits per heavy atom. The zero-order valence-electron chi connectivity index (χ0n) is 16.4. The molecule has 0 aliphatic carbocycles. The maximum atomic E-state index is 12.8. The Kier molecular flexibility index (Phi) is 6.89. The highest BCUT2D eigenvalue weighted by molar-refractivity contribution is 5.92. The van der Waals surface area contributed by atoms with Gasteiger partial charge in [0.15, 0.2) is 0 Å². The average Bonchev–Trinajstić information content (AvgIpc) is 2.74. The predicted molar refractivity (Wildman–Crippen MR) is 107 cm³/mol. The molecule has 1 aromatic carbocycles. The molecule has 1 atom stereocenters. The van der Waals surface area contributed by atoms with E-state index in [1.54, 1.807) is 4.90 Å². The first-order chi connectivity index (χ1) is 14.0. The van der Waals surface area contributed by atoms with Crippen LogP contribution in [0.25, 0.3) is 0 Å². The van der Waals surface area contributed by atoms with Crippen LogP contribution in [-0.2, 0) is 16.0 Å². The number of hydrogen-bond acceptors (Lipinski definition) is 5. The van der Waals surface area contributed by atoms with Crippen molar-refractivity contribution < 1.29 is 14.4 Å². The third-order valence-electron chi connectivity index (χ3n) is 4.89. The van der Waals surface area contributed by atoms with Gasteiger partial charge in [0.05, 0.1) is 6.20 Å². The third kappa shape index (κ3) is 5.84. The summed E-state index contributed by atoms with van der Waals surface area (Å²) in [5.41, 5.74) is 1.30. The summed E-state index contributed by atoms with van der Waals surface area (Å²) < 4.78 is 0. The lowest BCUT2D eigenvalue weighted by Gasteiger charge is -2.33. The Labute approximate surface area is 169 Å². The summed E-state index contributed by atoms with van der Waals surface area (Å²) in [7, 11) is 0. The monoisotopic (exact) mass is 395 g/mol. The molecule has 2 heterocycles. The molecule has 1 aliphatic heterocycles. The van der Waals surface area contributed by atoms with Crippen molar-refractivity contribution in [1.82, 2.24) is 25.5 Å². The quantitative estimate of drug-likeness (QED) is 0.758. The second kappa shape index (κ2) is 9.77. The molecule has 152 valence electrons. The van der Waals surface area contributed by atoms with Crippen molar-refractivity contribution in [3.05, 3.63) is 60.2 Å². The minimum absolute atomic E-state index is 0.0413. The highest BCUT2D eigenvalue weighted by Gasteiger charge is 2.28. The zero-order chi connectivity index (χ0) is 20.6. The van der Waals surface area contributed by atoms with Crippen molar-refractivity contribution in [2.24, 2.45) is 0 Å². The molecule has 2 aromatic rings. The molecule has 0 spiro atoms. The van der Waals surface area contributed by atoms with Gasteiger partial charge in [-0.15, -0.1) is 0 Å². The molecule has 2 N–H and O–H groups in total. The van der Waals surface area contributed by atoms with Crippen LogP contribution in [0.3, 0.4) is 0 Å². The Hall–Kier alpha value is -3.29. The number of amides is 3. The highest BCUT2D eigenvalue weighted by atomic mass is 16.2. The summed E-state index contributed by atoms with van der Waals surface area (Å²) in [6.45, 7) is 2.47. The average molecular weight is 395 g/mol. The van der Waals surface area contributed by atoms with Crippen LogP contribution in [0, 0.1) is 0 Å². The van der Waals surface area contributed by atoms with Gasteiger partial charge in [-0.1, -0.05) is 30.3 Å². The number of piperidine rings is 1. The summed E-state index contributed by atoms with van der Waals surface area (Å²) in [6, 6.07) is 8.91. The number of carbonyl (C=O) groups is 3. The molecule has 8 heteroatoms. The molecule has 1 aromatic heterocycles. The fourth-order valence-electron chi connectivity index (χ4n) is 3.40. The van der Waals surface area contributed by atoms with Gasteiger partial charge < -0.3 is 15.5 Å². The number of hydrogen-bond donors (Lipinski definition) is 2. The summed E-state index contributed by atoms with van der Waals surface area (Å²) in [4.78, 5) is 46.5. The summed E-state index contributed by atoms with van der Waals surface area (Å²) in [5, 5.41) is 5.76. The minimum Gasteiger partial charge on any atom is -0.351 e. The van der Waals surface area contributed by atoms with Crippen molar-refractivity contribution in [2.45, 2.75) is 38.3 Å². The predicted octanol–water partition coefficient (Wildman–Crippen LogP) is 0.945. The van der Waals surface area contributed by atoms with E-state index in [1.165, 1.54) is 25.5 Å². The van der Waals surface area contributed by atoms with E-state index < -0.39 is 6.04 Å². The van der Waals surface area contributed by atoms with Crippen LogP contribution >= 0.6 is 0 Å². The van der Waals surface area contributed by atoms with Crippen molar-refractivity contribution >= 4 is 17.7 Å². The number of nitrogens with one attached hydrogen (secondary N) is 2. The fraction of sp³-hybridized carbons (Fsp3) is 0.381. The fourth-order valence-corrected chi connectivity index (χ4v) is 3.40. The first-order valence-electron chi connectivity index (χ1n) is 9.69. The van der Waals surface area contributed by atoms with Crippen LogP contribution in [0.1, 0.15) is 35.8 Å². The summed E-state index contributed by atoms with van der Waals surface area (Å²) >= 11 is 0. The lowest BCUT2D eigenvalue weighted by atomic mass is 10.0. The first kappa shape index (κ1) is 20.4. The molecule has 0 unspecified atom stereocenters. The van der Waals surface area contributed by atoms with Crippen LogP contribution < -0.4 is 10.6 Å². The van der Waals surface area contributed by atoms with Crippen molar-refractivity contribution in [1.29, 1.82) is 0 Å². The largest absolute Gasteiger partial charge is 0.351 e. The van der Waals surface area contributed by atoms with Gasteiger partial charge in [-0.25, -0.2) is 4.98 Å². The molecular formula is C21H25N5O3. The van der Waals surface area contributed by atoms with Crippen LogP contribution in [0.5, 0.6) is 0 Å². The molecule has 0 bridgehead atoms. The Morgan fingerprint density at radius 1 is 1.14 bits per heavy atom. The molecule has 1 fully saturated rings. The SMILES string of the molecule is CC(=O)N[C@H](Cc1ccccc1)C(=O)NC1CCN(C(=O)c2cnccn2)CC1. The maximum absolute atomic E-state index is 12.8. The summed E-state index contributed by atoms with van der Waals surface area (Å²) in [6.07, 6.45) is 6.20. The van der Waals surface area contributed by atoms with E-state index in [1.807, 2.05) is 30.3 Å². The van der Waals surface area contributed by atoms with E-state index in [9.17, 15) is 14.4 Å². The second-order valence-corrected chi connectivity index (χ2v) is 7.11. The lowest BCUT2D eigenvalue weighted by molar-refractivity contribution is -0.128. The van der Waals surface area contributed by atoms with Crippen molar-refractivity contribution in [2.75, 3.05) is 13.1 Å². The Morgan fingerprint density at radius 3 is 2.48 bits per heavy atom. The smallest absolute Gasteiger partial charge is 0.274 e. The maximum Gasteiger partial charge on any atom is 0.274 e. The van der Waals surface area contributed by atoms with E-state index in [-0.39, 0.29) is 23.8 Å². The van der Waals surface area contributed by atoms with Crippen LogP contribution in [-0.4, -0.2) is 57.8 Å². The van der Waals surface area contributed by atoms with Crippen LogP contribution in [0.4, 0.5) is 0 Å². The molecule has 8 nitrogen and oxygen atoms in total. The van der Waals surface area contributed by atoms with Gasteiger partial charge in [0.25, 0.3) is 5.91 Å². The van der Waals surface area contributed by atoms with E-state index in [0.717, 1.165) is 5.56 Å². The molecule has 3 amide bonds. The van der Waals surface area contributed by atoms with Gasteiger partial charge in [0.1, 0.15) is 11.7 Å². The van der Waals surface area contributed by atoms with Gasteiger partial charge in [0.2, 0.25) is 11.8 Å². The zero-order valence-corrected chi connectivity index (χ0v) is 16.4. The Bertz CT molecular complexity index is 836. The van der Waals surface area contributed by atoms with Crippen LogP contribution in [0.2, 0.25) is 0 Å². The molecule has 3 rings (SSSR count).